The first kappa shape index (κ1) is 22.7. The van der Waals surface area contributed by atoms with Crippen molar-refractivity contribution in [1.29, 1.82) is 0 Å². The smallest absolute Gasteiger partial charge is 0.224 e. The number of rotatable bonds is 5. The van der Waals surface area contributed by atoms with Crippen LogP contribution < -0.4 is 9.47 Å². The summed E-state index contributed by atoms with van der Waals surface area (Å²) in [5.41, 5.74) is 0.132. The molecule has 1 aliphatic carbocycles. The number of aromatic nitrogens is 1. The van der Waals surface area contributed by atoms with E-state index in [1.54, 1.807) is 13.2 Å². The molecule has 5 rings (SSSR count). The topological polar surface area (TPSA) is 54.8 Å². The van der Waals surface area contributed by atoms with E-state index in [-0.39, 0.29) is 17.0 Å². The van der Waals surface area contributed by atoms with Crippen LogP contribution in [0.3, 0.4) is 0 Å². The van der Waals surface area contributed by atoms with Crippen molar-refractivity contribution in [2.45, 2.75) is 23.5 Å². The van der Waals surface area contributed by atoms with Gasteiger partial charge in [0.2, 0.25) is 5.88 Å². The Labute approximate surface area is 207 Å². The van der Waals surface area contributed by atoms with Crippen LogP contribution in [0.25, 0.3) is 0 Å². The van der Waals surface area contributed by atoms with Crippen molar-refractivity contribution in [1.82, 2.24) is 9.88 Å². The summed E-state index contributed by atoms with van der Waals surface area (Å²) in [6.07, 6.45) is 0.736. The fourth-order valence-electron chi connectivity index (χ4n) is 5.83. The summed E-state index contributed by atoms with van der Waals surface area (Å²) in [5.74, 6) is 0.572. The van der Waals surface area contributed by atoms with Gasteiger partial charge in [-0.3, -0.25) is 0 Å². The first-order valence-corrected chi connectivity index (χ1v) is 12.1. The molecule has 0 saturated heterocycles. The van der Waals surface area contributed by atoms with E-state index >= 15 is 0 Å². The van der Waals surface area contributed by atoms with Crippen LogP contribution in [-0.2, 0) is 11.2 Å². The van der Waals surface area contributed by atoms with Crippen molar-refractivity contribution in [2.24, 2.45) is 5.92 Å². The Morgan fingerprint density at radius 1 is 1.18 bits per heavy atom. The van der Waals surface area contributed by atoms with Gasteiger partial charge < -0.3 is 19.5 Å². The molecule has 3 unspecified atom stereocenters. The van der Waals surface area contributed by atoms with Crippen LogP contribution in [0.15, 0.2) is 65.1 Å². The number of hydrogen-bond donors (Lipinski definition) is 1. The Kier molecular flexibility index (Phi) is 5.68. The minimum absolute atomic E-state index is 0.106. The molecule has 33 heavy (non-hydrogen) atoms. The second kappa shape index (κ2) is 8.27. The molecular weight excluding hydrogens is 504 g/mol. The van der Waals surface area contributed by atoms with Crippen LogP contribution in [0.5, 0.6) is 11.6 Å². The molecule has 1 N–H and O–H groups in total. The van der Waals surface area contributed by atoms with Crippen LogP contribution in [0.2, 0.25) is 5.15 Å². The number of ether oxygens (including phenoxy) is 2. The highest BCUT2D eigenvalue weighted by Gasteiger charge is 2.73. The lowest BCUT2D eigenvalue weighted by molar-refractivity contribution is -0.130. The molecule has 1 fully saturated rings. The van der Waals surface area contributed by atoms with Gasteiger partial charge in [0.1, 0.15) is 16.5 Å². The van der Waals surface area contributed by atoms with E-state index in [1.807, 2.05) is 56.6 Å². The average Bonchev–Trinajstić information content (AvgIpc) is 3.19. The van der Waals surface area contributed by atoms with Gasteiger partial charge in [-0.25, -0.2) is 4.98 Å². The average molecular weight is 530 g/mol. The monoisotopic (exact) mass is 528 g/mol. The molecule has 4 atom stereocenters. The number of benzene rings is 2. The number of methoxy groups -OCH3 is 1. The summed E-state index contributed by atoms with van der Waals surface area (Å²) in [6.45, 7) is 0.673. The predicted octanol–water partition coefficient (Wildman–Crippen LogP) is 5.35. The third-order valence-electron chi connectivity index (χ3n) is 6.99. The summed E-state index contributed by atoms with van der Waals surface area (Å²) in [7, 11) is 5.59. The molecule has 2 aliphatic rings. The summed E-state index contributed by atoms with van der Waals surface area (Å²) in [4.78, 5) is 6.51. The minimum atomic E-state index is -1.39. The molecule has 1 aliphatic heterocycles. The second-order valence-corrected chi connectivity index (χ2v) is 10.4. The van der Waals surface area contributed by atoms with Gasteiger partial charge in [-0.05, 0) is 43.8 Å². The van der Waals surface area contributed by atoms with Crippen LogP contribution >= 0.6 is 27.5 Å². The molecule has 0 bridgehead atoms. The molecule has 172 valence electrons. The number of aliphatic hydroxyl groups is 1. The second-order valence-electron chi connectivity index (χ2n) is 9.10. The highest BCUT2D eigenvalue weighted by molar-refractivity contribution is 9.10. The van der Waals surface area contributed by atoms with Crippen molar-refractivity contribution in [2.75, 3.05) is 27.7 Å². The first-order chi connectivity index (χ1) is 15.8. The van der Waals surface area contributed by atoms with Gasteiger partial charge in [-0.15, -0.1) is 0 Å². The quantitative estimate of drug-likeness (QED) is 0.452. The van der Waals surface area contributed by atoms with Crippen LogP contribution in [-0.4, -0.2) is 42.7 Å². The molecule has 3 aromatic rings. The molecule has 5 nitrogen and oxygen atoms in total. The van der Waals surface area contributed by atoms with Crippen molar-refractivity contribution >= 4 is 27.5 Å². The maximum atomic E-state index is 12.9. The molecular formula is C26H26BrClN2O3. The van der Waals surface area contributed by atoms with Crippen molar-refractivity contribution in [3.8, 4) is 11.6 Å². The van der Waals surface area contributed by atoms with Gasteiger partial charge >= 0.3 is 0 Å². The first-order valence-electron chi connectivity index (χ1n) is 10.9. The van der Waals surface area contributed by atoms with E-state index in [4.69, 9.17) is 21.1 Å². The Balaban J connectivity index is 1.84. The molecule has 7 heteroatoms. The Morgan fingerprint density at radius 2 is 1.88 bits per heavy atom. The summed E-state index contributed by atoms with van der Waals surface area (Å²) in [6, 6.07) is 20.0. The molecule has 0 spiro atoms. The Bertz CT molecular complexity index is 1170. The summed E-state index contributed by atoms with van der Waals surface area (Å²) >= 11 is 9.87. The number of hydrogen-bond acceptors (Lipinski definition) is 5. The Morgan fingerprint density at radius 3 is 2.52 bits per heavy atom. The van der Waals surface area contributed by atoms with E-state index in [0.717, 1.165) is 22.0 Å². The number of nitrogens with zero attached hydrogens (tertiary/aromatic N) is 2. The van der Waals surface area contributed by atoms with E-state index < -0.39 is 11.2 Å². The highest BCUT2D eigenvalue weighted by atomic mass is 79.9. The largest absolute Gasteiger partial charge is 0.481 e. The van der Waals surface area contributed by atoms with Crippen molar-refractivity contribution < 1.29 is 14.6 Å². The number of halogens is 2. The molecule has 0 radical (unpaired) electrons. The van der Waals surface area contributed by atoms with Crippen molar-refractivity contribution in [3.05, 3.63) is 87.0 Å². The normalized spacial score (nSPS) is 27.8. The van der Waals surface area contributed by atoms with Gasteiger partial charge in [0.15, 0.2) is 5.60 Å². The van der Waals surface area contributed by atoms with Crippen LogP contribution in [0.1, 0.15) is 29.0 Å². The maximum Gasteiger partial charge on any atom is 0.224 e. The van der Waals surface area contributed by atoms with Gasteiger partial charge in [-0.2, -0.15) is 0 Å². The maximum absolute atomic E-state index is 12.9. The third-order valence-corrected chi connectivity index (χ3v) is 7.72. The highest BCUT2D eigenvalue weighted by Crippen LogP contribution is 2.70. The van der Waals surface area contributed by atoms with Gasteiger partial charge in [-0.1, -0.05) is 70.0 Å². The van der Waals surface area contributed by atoms with Crippen LogP contribution in [0.4, 0.5) is 0 Å². The fraction of sp³-hybridized carbons (Fsp3) is 0.346. The molecule has 2 heterocycles. The zero-order valence-corrected chi connectivity index (χ0v) is 21.1. The molecule has 1 saturated carbocycles. The SMILES string of the molecule is COc1nc(Cl)cc2c1C1(O)C(CN(C)C)C[C@@H](c3ccccc3)C1(c1ccc(Br)cc1)O2. The van der Waals surface area contributed by atoms with Crippen molar-refractivity contribution in [3.63, 3.8) is 0 Å². The van der Waals surface area contributed by atoms with E-state index in [9.17, 15) is 5.11 Å². The standard InChI is InChI=1S/C26H26BrClN2O3/c1-30(2)15-18-13-20(16-7-5-4-6-8-16)26(17-9-11-19(27)12-10-17)25(18,31)23-21(33-26)14-22(28)29-24(23)32-3/h4-12,14,18,20,31H,13,15H2,1-3H3/t18?,20-,25?,26?/m0/s1. The Hall–Kier alpha value is -2.12. The van der Waals surface area contributed by atoms with E-state index in [1.165, 1.54) is 0 Å². The minimum Gasteiger partial charge on any atom is -0.481 e. The predicted molar refractivity (Wildman–Crippen MR) is 132 cm³/mol. The molecule has 1 aromatic heterocycles. The lowest BCUT2D eigenvalue weighted by Gasteiger charge is -2.42. The summed E-state index contributed by atoms with van der Waals surface area (Å²) < 4.78 is 13.5. The lowest BCUT2D eigenvalue weighted by Crippen LogP contribution is -2.52. The van der Waals surface area contributed by atoms with Gasteiger partial charge in [0.05, 0.1) is 12.7 Å². The number of pyridine rings is 1. The summed E-state index contributed by atoms with van der Waals surface area (Å²) in [5, 5.41) is 13.1. The zero-order valence-electron chi connectivity index (χ0n) is 18.8. The fourth-order valence-corrected chi connectivity index (χ4v) is 6.27. The molecule has 0 amide bonds. The molecule has 2 aromatic carbocycles. The third kappa shape index (κ3) is 3.30. The van der Waals surface area contributed by atoms with Gasteiger partial charge in [0, 0.05) is 28.9 Å². The lowest BCUT2D eigenvalue weighted by atomic mass is 9.70. The van der Waals surface area contributed by atoms with E-state index in [0.29, 0.717) is 23.7 Å². The number of fused-ring (bicyclic) bond motifs is 3. The zero-order chi connectivity index (χ0) is 23.4. The van der Waals surface area contributed by atoms with E-state index in [2.05, 4.69) is 37.9 Å². The van der Waals surface area contributed by atoms with Gasteiger partial charge in [0.25, 0.3) is 0 Å². The van der Waals surface area contributed by atoms with Crippen LogP contribution in [0, 0.1) is 5.92 Å².